The Balaban J connectivity index is 2.47. The molecule has 0 saturated carbocycles. The predicted octanol–water partition coefficient (Wildman–Crippen LogP) is 3.54. The Morgan fingerprint density at radius 1 is 1.32 bits per heavy atom. The molecule has 104 valence electrons. The molecule has 1 heterocycles. The average Bonchev–Trinajstić information content (AvgIpc) is 2.68. The molecular weight excluding hydrogens is 240 g/mol. The molecule has 19 heavy (non-hydrogen) atoms. The van der Waals surface area contributed by atoms with E-state index in [4.69, 9.17) is 9.47 Å². The number of methoxy groups -OCH3 is 1. The highest BCUT2D eigenvalue weighted by atomic mass is 16.6. The van der Waals surface area contributed by atoms with Crippen molar-refractivity contribution in [1.29, 1.82) is 0 Å². The summed E-state index contributed by atoms with van der Waals surface area (Å²) in [5.41, 5.74) is 1.67. The third kappa shape index (κ3) is 2.60. The minimum Gasteiger partial charge on any atom is -0.496 e. The van der Waals surface area contributed by atoms with Crippen LogP contribution in [0.15, 0.2) is 18.2 Å². The summed E-state index contributed by atoms with van der Waals surface area (Å²) in [6.07, 6.45) is 1.23. The van der Waals surface area contributed by atoms with Crippen LogP contribution in [0.4, 0.5) is 0 Å². The van der Waals surface area contributed by atoms with Crippen molar-refractivity contribution < 1.29 is 14.3 Å². The molecule has 1 atom stereocenters. The quantitative estimate of drug-likeness (QED) is 0.765. The van der Waals surface area contributed by atoms with Gasteiger partial charge in [-0.2, -0.15) is 0 Å². The topological polar surface area (TPSA) is 35.5 Å². The van der Waals surface area contributed by atoms with Crippen LogP contribution < -0.4 is 4.74 Å². The molecule has 0 bridgehead atoms. The fourth-order valence-electron chi connectivity index (χ4n) is 2.52. The minimum atomic E-state index is -0.497. The van der Waals surface area contributed by atoms with Crippen LogP contribution in [0.5, 0.6) is 5.75 Å². The molecule has 1 unspecified atom stereocenters. The SMILES string of the molecule is COc1ccc(C2(C)CCC(=O)O2)cc1C(C)(C)C. The lowest BCUT2D eigenvalue weighted by molar-refractivity contribution is -0.147. The number of rotatable bonds is 2. The van der Waals surface area contributed by atoms with Gasteiger partial charge in [-0.25, -0.2) is 0 Å². The van der Waals surface area contributed by atoms with Crippen LogP contribution in [0.25, 0.3) is 0 Å². The van der Waals surface area contributed by atoms with E-state index in [1.165, 1.54) is 0 Å². The molecule has 1 aromatic carbocycles. The lowest BCUT2D eigenvalue weighted by atomic mass is 9.82. The van der Waals surface area contributed by atoms with Crippen molar-refractivity contribution in [1.82, 2.24) is 0 Å². The Bertz CT molecular complexity index is 499. The lowest BCUT2D eigenvalue weighted by Gasteiger charge is -2.28. The first-order valence-corrected chi connectivity index (χ1v) is 6.67. The van der Waals surface area contributed by atoms with Gasteiger partial charge in [-0.3, -0.25) is 4.79 Å². The van der Waals surface area contributed by atoms with Crippen molar-refractivity contribution in [2.45, 2.75) is 51.6 Å². The zero-order chi connectivity index (χ0) is 14.3. The molecule has 1 fully saturated rings. The molecule has 0 spiro atoms. The highest BCUT2D eigenvalue weighted by Crippen LogP contribution is 2.40. The monoisotopic (exact) mass is 262 g/mol. The van der Waals surface area contributed by atoms with Crippen molar-refractivity contribution in [3.8, 4) is 5.75 Å². The van der Waals surface area contributed by atoms with Gasteiger partial charge in [-0.05, 0) is 35.6 Å². The van der Waals surface area contributed by atoms with E-state index in [-0.39, 0.29) is 11.4 Å². The summed E-state index contributed by atoms with van der Waals surface area (Å²) in [6, 6.07) is 6.07. The molecule has 2 rings (SSSR count). The zero-order valence-electron chi connectivity index (χ0n) is 12.4. The van der Waals surface area contributed by atoms with E-state index in [0.29, 0.717) is 6.42 Å². The number of hydrogen-bond acceptors (Lipinski definition) is 3. The minimum absolute atomic E-state index is 0.0136. The highest BCUT2D eigenvalue weighted by molar-refractivity contribution is 5.72. The van der Waals surface area contributed by atoms with Crippen LogP contribution in [-0.2, 0) is 20.5 Å². The summed E-state index contributed by atoms with van der Waals surface area (Å²) in [6.45, 7) is 8.43. The van der Waals surface area contributed by atoms with Gasteiger partial charge in [0.05, 0.1) is 7.11 Å². The summed E-state index contributed by atoms with van der Waals surface area (Å²) < 4.78 is 10.9. The Morgan fingerprint density at radius 2 is 2.00 bits per heavy atom. The molecule has 1 aliphatic rings. The van der Waals surface area contributed by atoms with Gasteiger partial charge < -0.3 is 9.47 Å². The molecule has 0 radical (unpaired) electrons. The zero-order valence-corrected chi connectivity index (χ0v) is 12.4. The van der Waals surface area contributed by atoms with Crippen LogP contribution in [0.2, 0.25) is 0 Å². The first kappa shape index (κ1) is 13.9. The summed E-state index contributed by atoms with van der Waals surface area (Å²) in [7, 11) is 1.68. The second kappa shape index (κ2) is 4.55. The average molecular weight is 262 g/mol. The summed E-state index contributed by atoms with van der Waals surface area (Å²) in [5, 5.41) is 0. The Hall–Kier alpha value is -1.51. The van der Waals surface area contributed by atoms with Gasteiger partial charge in [0.15, 0.2) is 0 Å². The first-order chi connectivity index (χ1) is 8.76. The van der Waals surface area contributed by atoms with Crippen LogP contribution in [-0.4, -0.2) is 13.1 Å². The molecule has 1 saturated heterocycles. The second-order valence-corrected chi connectivity index (χ2v) is 6.37. The number of benzene rings is 1. The number of hydrogen-bond donors (Lipinski definition) is 0. The van der Waals surface area contributed by atoms with Gasteiger partial charge in [-0.15, -0.1) is 0 Å². The summed E-state index contributed by atoms with van der Waals surface area (Å²) in [4.78, 5) is 11.4. The molecule has 0 aromatic heterocycles. The smallest absolute Gasteiger partial charge is 0.306 e. The number of carbonyl (C=O) groups excluding carboxylic acids is 1. The van der Waals surface area contributed by atoms with Crippen LogP contribution in [0.1, 0.15) is 51.7 Å². The number of cyclic esters (lactones) is 1. The summed E-state index contributed by atoms with van der Waals surface area (Å²) in [5.74, 6) is 0.764. The van der Waals surface area contributed by atoms with Crippen molar-refractivity contribution in [2.75, 3.05) is 7.11 Å². The maximum absolute atomic E-state index is 11.4. The fraction of sp³-hybridized carbons (Fsp3) is 0.562. The Kier molecular flexibility index (Phi) is 3.33. The number of esters is 1. The largest absolute Gasteiger partial charge is 0.496 e. The molecule has 1 aliphatic heterocycles. The van der Waals surface area contributed by atoms with E-state index < -0.39 is 5.60 Å². The standard InChI is InChI=1S/C16H22O3/c1-15(2,3)12-10-11(6-7-13(12)18-5)16(4)9-8-14(17)19-16/h6-7,10H,8-9H2,1-5H3. The third-order valence-electron chi connectivity index (χ3n) is 3.76. The highest BCUT2D eigenvalue weighted by Gasteiger charge is 2.38. The fourth-order valence-corrected chi connectivity index (χ4v) is 2.52. The van der Waals surface area contributed by atoms with Crippen LogP contribution >= 0.6 is 0 Å². The van der Waals surface area contributed by atoms with Crippen molar-refractivity contribution >= 4 is 5.97 Å². The van der Waals surface area contributed by atoms with Crippen molar-refractivity contribution in [2.24, 2.45) is 0 Å². The Morgan fingerprint density at radius 3 is 2.47 bits per heavy atom. The first-order valence-electron chi connectivity index (χ1n) is 6.67. The molecule has 3 nitrogen and oxygen atoms in total. The van der Waals surface area contributed by atoms with E-state index >= 15 is 0 Å². The van der Waals surface area contributed by atoms with E-state index in [0.717, 1.165) is 23.3 Å². The Labute approximate surface area is 114 Å². The predicted molar refractivity (Wildman–Crippen MR) is 74.4 cm³/mol. The van der Waals surface area contributed by atoms with E-state index in [2.05, 4.69) is 26.8 Å². The molecule has 0 amide bonds. The van der Waals surface area contributed by atoms with Gasteiger partial charge in [0.25, 0.3) is 0 Å². The number of ether oxygens (including phenoxy) is 2. The second-order valence-electron chi connectivity index (χ2n) is 6.37. The van der Waals surface area contributed by atoms with Crippen LogP contribution in [0.3, 0.4) is 0 Å². The van der Waals surface area contributed by atoms with E-state index in [1.54, 1.807) is 7.11 Å². The van der Waals surface area contributed by atoms with Crippen molar-refractivity contribution in [3.05, 3.63) is 29.3 Å². The summed E-state index contributed by atoms with van der Waals surface area (Å²) >= 11 is 0. The van der Waals surface area contributed by atoms with Crippen molar-refractivity contribution in [3.63, 3.8) is 0 Å². The molecule has 0 aliphatic carbocycles. The molecule has 3 heteroatoms. The molecule has 0 N–H and O–H groups in total. The van der Waals surface area contributed by atoms with Gasteiger partial charge in [-0.1, -0.05) is 26.8 Å². The van der Waals surface area contributed by atoms with Gasteiger partial charge in [0.1, 0.15) is 11.4 Å². The number of carbonyl (C=O) groups is 1. The van der Waals surface area contributed by atoms with Crippen LogP contribution in [0, 0.1) is 0 Å². The van der Waals surface area contributed by atoms with Gasteiger partial charge >= 0.3 is 5.97 Å². The maximum atomic E-state index is 11.4. The lowest BCUT2D eigenvalue weighted by Crippen LogP contribution is -2.22. The van der Waals surface area contributed by atoms with Gasteiger partial charge in [0, 0.05) is 12.8 Å². The van der Waals surface area contributed by atoms with Gasteiger partial charge in [0.2, 0.25) is 0 Å². The third-order valence-corrected chi connectivity index (χ3v) is 3.76. The van der Waals surface area contributed by atoms with E-state index in [1.807, 2.05) is 19.1 Å². The van der Waals surface area contributed by atoms with E-state index in [9.17, 15) is 4.79 Å². The normalized spacial score (nSPS) is 23.3. The molecular formula is C16H22O3. The maximum Gasteiger partial charge on any atom is 0.306 e. The molecule has 1 aromatic rings.